The molecule has 74 valence electrons. The van der Waals surface area contributed by atoms with Gasteiger partial charge in [-0.15, -0.1) is 0 Å². The summed E-state index contributed by atoms with van der Waals surface area (Å²) in [6, 6.07) is 0. The Bertz CT molecular complexity index is 448. The Morgan fingerprint density at radius 1 is 1.50 bits per heavy atom. The van der Waals surface area contributed by atoms with Crippen LogP contribution in [0.4, 0.5) is 0 Å². The maximum Gasteiger partial charge on any atom is 0.116 e. The third kappa shape index (κ3) is 1.28. The highest BCUT2D eigenvalue weighted by Gasteiger charge is 2.12. The van der Waals surface area contributed by atoms with Crippen LogP contribution in [0, 0.1) is 0 Å². The number of imidazole rings is 1. The standard InChI is InChI=1S/C10H13N3O/c1-7(2)10-12-8(6-14)9-5-11-3-4-13(9)10/h3-5,7,14H,6H2,1-2H3. The highest BCUT2D eigenvalue weighted by Crippen LogP contribution is 2.18. The number of nitrogens with zero attached hydrogens (tertiary/aromatic N) is 3. The number of hydrogen-bond acceptors (Lipinski definition) is 3. The van der Waals surface area contributed by atoms with Crippen molar-refractivity contribution >= 4 is 5.52 Å². The number of aliphatic hydroxyl groups is 1. The van der Waals surface area contributed by atoms with Crippen LogP contribution in [0.1, 0.15) is 31.3 Å². The molecule has 0 aromatic carbocycles. The molecule has 0 saturated carbocycles. The Labute approximate surface area is 82.2 Å². The van der Waals surface area contributed by atoms with E-state index in [0.29, 0.717) is 11.6 Å². The first kappa shape index (κ1) is 9.15. The third-order valence-electron chi connectivity index (χ3n) is 2.22. The summed E-state index contributed by atoms with van der Waals surface area (Å²) in [5.41, 5.74) is 1.58. The van der Waals surface area contributed by atoms with E-state index >= 15 is 0 Å². The molecular formula is C10H13N3O. The molecule has 0 aliphatic heterocycles. The summed E-state index contributed by atoms with van der Waals surface area (Å²) in [6.07, 6.45) is 5.32. The summed E-state index contributed by atoms with van der Waals surface area (Å²) in [5.74, 6) is 1.30. The van der Waals surface area contributed by atoms with E-state index in [2.05, 4.69) is 23.8 Å². The zero-order valence-corrected chi connectivity index (χ0v) is 8.31. The van der Waals surface area contributed by atoms with E-state index in [0.717, 1.165) is 11.3 Å². The van der Waals surface area contributed by atoms with Gasteiger partial charge in [0, 0.05) is 18.3 Å². The number of fused-ring (bicyclic) bond motifs is 1. The smallest absolute Gasteiger partial charge is 0.116 e. The summed E-state index contributed by atoms with van der Waals surface area (Å²) in [7, 11) is 0. The van der Waals surface area contributed by atoms with Crippen molar-refractivity contribution in [2.75, 3.05) is 0 Å². The molecule has 4 heteroatoms. The van der Waals surface area contributed by atoms with Crippen LogP contribution in [0.3, 0.4) is 0 Å². The zero-order chi connectivity index (χ0) is 10.1. The molecule has 0 aliphatic carbocycles. The highest BCUT2D eigenvalue weighted by molar-refractivity contribution is 5.51. The average Bonchev–Trinajstić information content (AvgIpc) is 2.56. The number of aromatic nitrogens is 3. The van der Waals surface area contributed by atoms with Gasteiger partial charge in [0.2, 0.25) is 0 Å². The highest BCUT2D eigenvalue weighted by atomic mass is 16.3. The van der Waals surface area contributed by atoms with Gasteiger partial charge in [-0.25, -0.2) is 4.98 Å². The largest absolute Gasteiger partial charge is 0.390 e. The van der Waals surface area contributed by atoms with Crippen molar-refractivity contribution in [1.82, 2.24) is 14.4 Å². The van der Waals surface area contributed by atoms with Gasteiger partial charge in [-0.05, 0) is 0 Å². The van der Waals surface area contributed by atoms with E-state index in [1.54, 1.807) is 12.4 Å². The normalized spacial score (nSPS) is 11.4. The summed E-state index contributed by atoms with van der Waals surface area (Å²) >= 11 is 0. The molecule has 0 saturated heterocycles. The average molecular weight is 191 g/mol. The lowest BCUT2D eigenvalue weighted by molar-refractivity contribution is 0.278. The van der Waals surface area contributed by atoms with E-state index in [1.165, 1.54) is 0 Å². The lowest BCUT2D eigenvalue weighted by Crippen LogP contribution is -1.96. The Morgan fingerprint density at radius 3 is 2.93 bits per heavy atom. The fraction of sp³-hybridized carbons (Fsp3) is 0.400. The molecule has 0 aliphatic rings. The lowest BCUT2D eigenvalue weighted by Gasteiger charge is -2.02. The fourth-order valence-corrected chi connectivity index (χ4v) is 1.55. The van der Waals surface area contributed by atoms with E-state index in [4.69, 9.17) is 5.11 Å². The first-order valence-electron chi connectivity index (χ1n) is 4.65. The summed E-state index contributed by atoms with van der Waals surface area (Å²) in [6.45, 7) is 4.12. The fourth-order valence-electron chi connectivity index (χ4n) is 1.55. The molecule has 0 amide bonds. The van der Waals surface area contributed by atoms with Gasteiger partial charge in [0.15, 0.2) is 0 Å². The van der Waals surface area contributed by atoms with E-state index in [-0.39, 0.29) is 6.61 Å². The second kappa shape index (κ2) is 3.38. The van der Waals surface area contributed by atoms with Gasteiger partial charge in [0.1, 0.15) is 5.82 Å². The SMILES string of the molecule is CC(C)c1nc(CO)c2cnccn12. The van der Waals surface area contributed by atoms with E-state index < -0.39 is 0 Å². The van der Waals surface area contributed by atoms with Crippen LogP contribution >= 0.6 is 0 Å². The molecule has 0 radical (unpaired) electrons. The van der Waals surface area contributed by atoms with Gasteiger partial charge >= 0.3 is 0 Å². The van der Waals surface area contributed by atoms with Gasteiger partial charge in [-0.1, -0.05) is 13.8 Å². The summed E-state index contributed by atoms with van der Waals surface area (Å²) < 4.78 is 1.98. The van der Waals surface area contributed by atoms with Crippen molar-refractivity contribution in [3.63, 3.8) is 0 Å². The van der Waals surface area contributed by atoms with Gasteiger partial charge in [-0.2, -0.15) is 0 Å². The van der Waals surface area contributed by atoms with Crippen molar-refractivity contribution in [3.05, 3.63) is 30.1 Å². The number of aliphatic hydroxyl groups excluding tert-OH is 1. The first-order chi connectivity index (χ1) is 6.74. The molecule has 2 heterocycles. The summed E-state index contributed by atoms with van der Waals surface area (Å²) in [4.78, 5) is 8.40. The molecule has 0 spiro atoms. The zero-order valence-electron chi connectivity index (χ0n) is 8.31. The molecule has 2 rings (SSSR count). The van der Waals surface area contributed by atoms with Crippen LogP contribution in [0.15, 0.2) is 18.6 Å². The minimum absolute atomic E-state index is 0.0398. The van der Waals surface area contributed by atoms with Crippen molar-refractivity contribution < 1.29 is 5.11 Å². The molecule has 14 heavy (non-hydrogen) atoms. The van der Waals surface area contributed by atoms with Gasteiger partial charge < -0.3 is 9.51 Å². The van der Waals surface area contributed by atoms with Crippen molar-refractivity contribution in [2.24, 2.45) is 0 Å². The third-order valence-corrected chi connectivity index (χ3v) is 2.22. The van der Waals surface area contributed by atoms with Gasteiger partial charge in [0.25, 0.3) is 0 Å². The molecule has 0 unspecified atom stereocenters. The number of hydrogen-bond donors (Lipinski definition) is 1. The second-order valence-corrected chi connectivity index (χ2v) is 3.56. The van der Waals surface area contributed by atoms with E-state index in [9.17, 15) is 0 Å². The monoisotopic (exact) mass is 191 g/mol. The lowest BCUT2D eigenvalue weighted by atomic mass is 10.2. The molecule has 4 nitrogen and oxygen atoms in total. The minimum Gasteiger partial charge on any atom is -0.390 e. The van der Waals surface area contributed by atoms with Gasteiger partial charge in [-0.3, -0.25) is 4.98 Å². The van der Waals surface area contributed by atoms with Crippen molar-refractivity contribution in [1.29, 1.82) is 0 Å². The maximum atomic E-state index is 9.13. The molecule has 0 bridgehead atoms. The van der Waals surface area contributed by atoms with E-state index in [1.807, 2.05) is 10.6 Å². The van der Waals surface area contributed by atoms with Crippen LogP contribution in [-0.2, 0) is 6.61 Å². The Kier molecular flexibility index (Phi) is 2.21. The molecule has 2 aromatic rings. The molecule has 0 atom stereocenters. The topological polar surface area (TPSA) is 50.4 Å². The number of rotatable bonds is 2. The molecule has 1 N–H and O–H groups in total. The van der Waals surface area contributed by atoms with Crippen LogP contribution in [-0.4, -0.2) is 19.5 Å². The Balaban J connectivity index is 2.73. The first-order valence-corrected chi connectivity index (χ1v) is 4.65. The Morgan fingerprint density at radius 2 is 2.29 bits per heavy atom. The minimum atomic E-state index is -0.0398. The van der Waals surface area contributed by atoms with Crippen LogP contribution in [0.2, 0.25) is 0 Å². The predicted molar refractivity (Wildman–Crippen MR) is 53.0 cm³/mol. The molecular weight excluding hydrogens is 178 g/mol. The molecule has 0 fully saturated rings. The maximum absolute atomic E-state index is 9.13. The van der Waals surface area contributed by atoms with Crippen LogP contribution in [0.5, 0.6) is 0 Å². The van der Waals surface area contributed by atoms with Crippen molar-refractivity contribution in [2.45, 2.75) is 26.4 Å². The predicted octanol–water partition coefficient (Wildman–Crippen LogP) is 1.34. The molecule has 2 aromatic heterocycles. The Hall–Kier alpha value is -1.42. The van der Waals surface area contributed by atoms with Crippen molar-refractivity contribution in [3.8, 4) is 0 Å². The van der Waals surface area contributed by atoms with Crippen LogP contribution in [0.25, 0.3) is 5.52 Å². The quantitative estimate of drug-likeness (QED) is 0.779. The van der Waals surface area contributed by atoms with Crippen LogP contribution < -0.4 is 0 Å². The van der Waals surface area contributed by atoms with Gasteiger partial charge in [0.05, 0.1) is 24.0 Å². The second-order valence-electron chi connectivity index (χ2n) is 3.56. The summed E-state index contributed by atoms with van der Waals surface area (Å²) in [5, 5.41) is 9.13.